The Bertz CT molecular complexity index is 788. The standard InChI is InChI=1S/C17H11ClN2/c18-14-8-5-12(6-9-14)15(11-19)17-10-7-13-3-1-2-4-16(13)20-17/h1-10,15H. The van der Waals surface area contributed by atoms with E-state index >= 15 is 0 Å². The van der Waals surface area contributed by atoms with Gasteiger partial charge in [0.25, 0.3) is 0 Å². The molecule has 0 bridgehead atoms. The molecule has 1 heterocycles. The Morgan fingerprint density at radius 1 is 0.950 bits per heavy atom. The Kier molecular flexibility index (Phi) is 3.37. The molecule has 0 fully saturated rings. The number of para-hydroxylation sites is 1. The van der Waals surface area contributed by atoms with Crippen LogP contribution in [0.4, 0.5) is 0 Å². The monoisotopic (exact) mass is 278 g/mol. The van der Waals surface area contributed by atoms with Gasteiger partial charge in [0.15, 0.2) is 0 Å². The molecule has 0 spiro atoms. The number of fused-ring (bicyclic) bond motifs is 1. The van der Waals surface area contributed by atoms with Gasteiger partial charge in [-0.25, -0.2) is 0 Å². The highest BCUT2D eigenvalue weighted by atomic mass is 35.5. The van der Waals surface area contributed by atoms with Gasteiger partial charge in [-0.3, -0.25) is 4.98 Å². The van der Waals surface area contributed by atoms with Crippen LogP contribution in [-0.4, -0.2) is 4.98 Å². The van der Waals surface area contributed by atoms with Crippen LogP contribution < -0.4 is 0 Å². The number of hydrogen-bond acceptors (Lipinski definition) is 2. The zero-order valence-electron chi connectivity index (χ0n) is 10.6. The van der Waals surface area contributed by atoms with Crippen molar-refractivity contribution in [2.45, 2.75) is 5.92 Å². The summed E-state index contributed by atoms with van der Waals surface area (Å²) in [5.74, 6) is -0.378. The Hall–Kier alpha value is -2.37. The first-order valence-corrected chi connectivity index (χ1v) is 6.66. The number of rotatable bonds is 2. The van der Waals surface area contributed by atoms with E-state index in [4.69, 9.17) is 11.6 Å². The highest BCUT2D eigenvalue weighted by molar-refractivity contribution is 6.30. The highest BCUT2D eigenvalue weighted by Crippen LogP contribution is 2.25. The molecule has 20 heavy (non-hydrogen) atoms. The molecular weight excluding hydrogens is 268 g/mol. The minimum absolute atomic E-state index is 0.378. The van der Waals surface area contributed by atoms with Crippen molar-refractivity contribution in [2.75, 3.05) is 0 Å². The first-order chi connectivity index (χ1) is 9.78. The molecule has 1 atom stereocenters. The molecule has 0 aliphatic carbocycles. The summed E-state index contributed by atoms with van der Waals surface area (Å²) < 4.78 is 0. The Balaban J connectivity index is 2.07. The molecule has 2 nitrogen and oxygen atoms in total. The number of nitrogens with zero attached hydrogens (tertiary/aromatic N) is 2. The zero-order chi connectivity index (χ0) is 13.9. The lowest BCUT2D eigenvalue weighted by Gasteiger charge is -2.10. The number of hydrogen-bond donors (Lipinski definition) is 0. The molecule has 0 saturated heterocycles. The molecule has 3 heteroatoms. The van der Waals surface area contributed by atoms with Crippen molar-refractivity contribution < 1.29 is 0 Å². The summed E-state index contributed by atoms with van der Waals surface area (Å²) in [4.78, 5) is 4.59. The summed E-state index contributed by atoms with van der Waals surface area (Å²) in [6.45, 7) is 0. The third kappa shape index (κ3) is 2.36. The average molecular weight is 279 g/mol. The van der Waals surface area contributed by atoms with Gasteiger partial charge < -0.3 is 0 Å². The number of halogens is 1. The van der Waals surface area contributed by atoms with Crippen molar-refractivity contribution in [3.05, 3.63) is 76.9 Å². The molecule has 2 aromatic carbocycles. The summed E-state index contributed by atoms with van der Waals surface area (Å²) in [5, 5.41) is 11.2. The third-order valence-corrected chi connectivity index (χ3v) is 3.50. The number of aromatic nitrogens is 1. The molecule has 0 saturated carbocycles. The quantitative estimate of drug-likeness (QED) is 0.690. The minimum atomic E-state index is -0.378. The average Bonchev–Trinajstić information content (AvgIpc) is 2.50. The Morgan fingerprint density at radius 3 is 2.45 bits per heavy atom. The van der Waals surface area contributed by atoms with Crippen LogP contribution in [0.25, 0.3) is 10.9 Å². The van der Waals surface area contributed by atoms with E-state index in [2.05, 4.69) is 11.1 Å². The van der Waals surface area contributed by atoms with Crippen LogP contribution in [0.1, 0.15) is 17.2 Å². The molecule has 96 valence electrons. The second kappa shape index (κ2) is 5.32. The summed E-state index contributed by atoms with van der Waals surface area (Å²) in [5.41, 5.74) is 2.56. The first-order valence-electron chi connectivity index (χ1n) is 6.29. The van der Waals surface area contributed by atoms with Gasteiger partial charge in [0.05, 0.1) is 17.3 Å². The van der Waals surface area contributed by atoms with Crippen molar-refractivity contribution in [1.29, 1.82) is 5.26 Å². The van der Waals surface area contributed by atoms with Crippen molar-refractivity contribution in [2.24, 2.45) is 0 Å². The van der Waals surface area contributed by atoms with E-state index in [0.29, 0.717) is 5.02 Å². The molecular formula is C17H11ClN2. The smallest absolute Gasteiger partial charge is 0.113 e. The topological polar surface area (TPSA) is 36.7 Å². The molecule has 1 aromatic heterocycles. The molecule has 3 aromatic rings. The van der Waals surface area contributed by atoms with Gasteiger partial charge in [0.2, 0.25) is 0 Å². The van der Waals surface area contributed by atoms with Crippen molar-refractivity contribution >= 4 is 22.5 Å². The zero-order valence-corrected chi connectivity index (χ0v) is 11.4. The molecule has 0 aliphatic rings. The van der Waals surface area contributed by atoms with Crippen LogP contribution in [0.2, 0.25) is 5.02 Å². The van der Waals surface area contributed by atoms with Gasteiger partial charge in [-0.05, 0) is 29.8 Å². The van der Waals surface area contributed by atoms with E-state index in [1.54, 1.807) is 12.1 Å². The maximum atomic E-state index is 9.45. The van der Waals surface area contributed by atoms with Gasteiger partial charge in [0, 0.05) is 10.4 Å². The molecule has 1 unspecified atom stereocenters. The predicted octanol–water partition coefficient (Wildman–Crippen LogP) is 4.54. The normalized spacial score (nSPS) is 12.0. The number of pyridine rings is 1. The van der Waals surface area contributed by atoms with Crippen LogP contribution in [0, 0.1) is 11.3 Å². The Labute approximate surface area is 122 Å². The fraction of sp³-hybridized carbons (Fsp3) is 0.0588. The first kappa shape index (κ1) is 12.7. The van der Waals surface area contributed by atoms with E-state index in [-0.39, 0.29) is 5.92 Å². The molecule has 0 radical (unpaired) electrons. The maximum absolute atomic E-state index is 9.45. The van der Waals surface area contributed by atoms with E-state index in [1.807, 2.05) is 48.5 Å². The largest absolute Gasteiger partial charge is 0.251 e. The van der Waals surface area contributed by atoms with Crippen LogP contribution >= 0.6 is 11.6 Å². The SMILES string of the molecule is N#CC(c1ccc(Cl)cc1)c1ccc2ccccc2n1. The van der Waals surface area contributed by atoms with Gasteiger partial charge in [-0.2, -0.15) is 5.26 Å². The molecule has 0 N–H and O–H groups in total. The van der Waals surface area contributed by atoms with Crippen molar-refractivity contribution in [3.63, 3.8) is 0 Å². The van der Waals surface area contributed by atoms with E-state index in [9.17, 15) is 5.26 Å². The maximum Gasteiger partial charge on any atom is 0.113 e. The lowest BCUT2D eigenvalue weighted by Crippen LogP contribution is -2.01. The molecule has 0 aliphatic heterocycles. The lowest BCUT2D eigenvalue weighted by molar-refractivity contribution is 0.980. The van der Waals surface area contributed by atoms with Crippen molar-refractivity contribution in [1.82, 2.24) is 4.98 Å². The second-order valence-electron chi connectivity index (χ2n) is 4.54. The van der Waals surface area contributed by atoms with Gasteiger partial charge in [-0.1, -0.05) is 48.0 Å². The summed E-state index contributed by atoms with van der Waals surface area (Å²) in [6, 6.07) is 21.4. The fourth-order valence-electron chi connectivity index (χ4n) is 2.21. The van der Waals surface area contributed by atoms with Crippen molar-refractivity contribution in [3.8, 4) is 6.07 Å². The van der Waals surface area contributed by atoms with Gasteiger partial charge in [-0.15, -0.1) is 0 Å². The van der Waals surface area contributed by atoms with E-state index in [1.165, 1.54) is 0 Å². The number of benzene rings is 2. The van der Waals surface area contributed by atoms with Gasteiger partial charge >= 0.3 is 0 Å². The minimum Gasteiger partial charge on any atom is -0.251 e. The molecule has 3 rings (SSSR count). The van der Waals surface area contributed by atoms with E-state index in [0.717, 1.165) is 22.2 Å². The van der Waals surface area contributed by atoms with Crippen LogP contribution in [0.3, 0.4) is 0 Å². The van der Waals surface area contributed by atoms with Crippen LogP contribution in [0.5, 0.6) is 0 Å². The number of nitriles is 1. The predicted molar refractivity (Wildman–Crippen MR) is 80.7 cm³/mol. The van der Waals surface area contributed by atoms with Crippen LogP contribution in [0.15, 0.2) is 60.7 Å². The fourth-order valence-corrected chi connectivity index (χ4v) is 2.34. The van der Waals surface area contributed by atoms with E-state index < -0.39 is 0 Å². The van der Waals surface area contributed by atoms with Crippen LogP contribution in [-0.2, 0) is 0 Å². The third-order valence-electron chi connectivity index (χ3n) is 3.25. The van der Waals surface area contributed by atoms with Gasteiger partial charge in [0.1, 0.15) is 5.92 Å². The summed E-state index contributed by atoms with van der Waals surface area (Å²) >= 11 is 5.89. The summed E-state index contributed by atoms with van der Waals surface area (Å²) in [7, 11) is 0. The second-order valence-corrected chi connectivity index (χ2v) is 4.98. The highest BCUT2D eigenvalue weighted by Gasteiger charge is 2.15. The lowest BCUT2D eigenvalue weighted by atomic mass is 9.96. The summed E-state index contributed by atoms with van der Waals surface area (Å²) in [6.07, 6.45) is 0. The molecule has 0 amide bonds. The Morgan fingerprint density at radius 2 is 1.70 bits per heavy atom.